The summed E-state index contributed by atoms with van der Waals surface area (Å²) < 4.78 is 28.9. The standard InChI is InChI=1S/C27H38N6O6/c1-35-14-15-39-26-30-24(28)23-25(31-26)33(27(29-23)37-3)18-19-7-5-10-32(11-9-19)12-13-38-21-8-4-6-20(16-21)17-22(34)36-2/h4,6,8,16,19H,5,7,9-15,17-18H2,1-3H3,(H2,28,30,31). The molecule has 1 atom stereocenters. The Balaban J connectivity index is 1.33. The van der Waals surface area contributed by atoms with Crippen molar-refractivity contribution in [2.45, 2.75) is 32.2 Å². The number of aromatic nitrogens is 4. The van der Waals surface area contributed by atoms with Gasteiger partial charge in [0.25, 0.3) is 6.01 Å². The molecule has 3 aromatic rings. The molecule has 12 heteroatoms. The van der Waals surface area contributed by atoms with E-state index in [0.717, 1.165) is 50.2 Å². The van der Waals surface area contributed by atoms with Crippen LogP contribution in [0.2, 0.25) is 0 Å². The molecule has 212 valence electrons. The molecule has 1 aromatic carbocycles. The van der Waals surface area contributed by atoms with E-state index in [0.29, 0.717) is 49.5 Å². The van der Waals surface area contributed by atoms with Crippen LogP contribution in [-0.2, 0) is 27.2 Å². The molecular formula is C27H38N6O6. The van der Waals surface area contributed by atoms with Crippen LogP contribution in [0.25, 0.3) is 11.2 Å². The summed E-state index contributed by atoms with van der Waals surface area (Å²) in [6.07, 6.45) is 3.42. The van der Waals surface area contributed by atoms with Crippen molar-refractivity contribution in [2.75, 3.05) is 66.5 Å². The molecule has 3 heterocycles. The van der Waals surface area contributed by atoms with Gasteiger partial charge in [-0.15, -0.1) is 0 Å². The fourth-order valence-corrected chi connectivity index (χ4v) is 4.75. The smallest absolute Gasteiger partial charge is 0.320 e. The number of hydrogen-bond donors (Lipinski definition) is 1. The maximum Gasteiger partial charge on any atom is 0.320 e. The Labute approximate surface area is 228 Å². The monoisotopic (exact) mass is 542 g/mol. The zero-order valence-electron chi connectivity index (χ0n) is 22.9. The second kappa shape index (κ2) is 13.9. The van der Waals surface area contributed by atoms with Gasteiger partial charge in [0.05, 0.1) is 27.2 Å². The number of fused-ring (bicyclic) bond motifs is 1. The normalized spacial score (nSPS) is 16.1. The molecule has 1 aliphatic rings. The number of likely N-dealkylation sites (tertiary alicyclic amines) is 1. The number of anilines is 1. The van der Waals surface area contributed by atoms with Gasteiger partial charge in [0, 0.05) is 20.2 Å². The predicted octanol–water partition coefficient (Wildman–Crippen LogP) is 2.34. The quantitative estimate of drug-likeness (QED) is 0.252. The summed E-state index contributed by atoms with van der Waals surface area (Å²) in [4.78, 5) is 27.3. The molecule has 2 aromatic heterocycles. The minimum atomic E-state index is -0.264. The van der Waals surface area contributed by atoms with E-state index < -0.39 is 0 Å². The summed E-state index contributed by atoms with van der Waals surface area (Å²) in [5.74, 6) is 1.17. The molecule has 1 fully saturated rings. The van der Waals surface area contributed by atoms with Crippen molar-refractivity contribution in [3.63, 3.8) is 0 Å². The van der Waals surface area contributed by atoms with Gasteiger partial charge in [-0.25, -0.2) is 0 Å². The molecule has 12 nitrogen and oxygen atoms in total. The number of hydrogen-bond acceptors (Lipinski definition) is 11. The van der Waals surface area contributed by atoms with Gasteiger partial charge < -0.3 is 29.4 Å². The van der Waals surface area contributed by atoms with Gasteiger partial charge in [-0.3, -0.25) is 14.3 Å². The van der Waals surface area contributed by atoms with E-state index in [2.05, 4.69) is 19.9 Å². The van der Waals surface area contributed by atoms with Crippen LogP contribution in [-0.4, -0.2) is 91.2 Å². The molecule has 0 spiro atoms. The molecule has 1 saturated heterocycles. The van der Waals surface area contributed by atoms with Gasteiger partial charge in [-0.1, -0.05) is 12.1 Å². The number of nitrogens with zero attached hydrogens (tertiary/aromatic N) is 5. The zero-order chi connectivity index (χ0) is 27.6. The summed E-state index contributed by atoms with van der Waals surface area (Å²) in [7, 11) is 4.59. The van der Waals surface area contributed by atoms with Gasteiger partial charge in [-0.05, 0) is 56.0 Å². The van der Waals surface area contributed by atoms with Gasteiger partial charge in [-0.2, -0.15) is 15.0 Å². The molecule has 4 rings (SSSR count). The van der Waals surface area contributed by atoms with Gasteiger partial charge >= 0.3 is 12.0 Å². The van der Waals surface area contributed by atoms with Crippen molar-refractivity contribution in [3.05, 3.63) is 29.8 Å². The molecule has 0 aliphatic carbocycles. The van der Waals surface area contributed by atoms with Crippen LogP contribution in [0.1, 0.15) is 24.8 Å². The van der Waals surface area contributed by atoms with E-state index in [1.54, 1.807) is 14.2 Å². The molecule has 0 saturated carbocycles. The van der Waals surface area contributed by atoms with Crippen LogP contribution in [0, 0.1) is 5.92 Å². The maximum atomic E-state index is 11.5. The van der Waals surface area contributed by atoms with Crippen LogP contribution in [0.3, 0.4) is 0 Å². The largest absolute Gasteiger partial charge is 0.492 e. The summed E-state index contributed by atoms with van der Waals surface area (Å²) in [5, 5.41) is 0. The highest BCUT2D eigenvalue weighted by molar-refractivity contribution is 5.83. The molecule has 39 heavy (non-hydrogen) atoms. The Morgan fingerprint density at radius 3 is 2.72 bits per heavy atom. The molecule has 1 unspecified atom stereocenters. The number of imidazole rings is 1. The van der Waals surface area contributed by atoms with E-state index in [1.807, 2.05) is 28.8 Å². The Hall–Kier alpha value is -3.64. The molecule has 2 N–H and O–H groups in total. The summed E-state index contributed by atoms with van der Waals surface area (Å²) >= 11 is 0. The molecule has 0 bridgehead atoms. The number of benzene rings is 1. The predicted molar refractivity (Wildman–Crippen MR) is 145 cm³/mol. The lowest BCUT2D eigenvalue weighted by Crippen LogP contribution is -2.29. The van der Waals surface area contributed by atoms with Crippen LogP contribution in [0.4, 0.5) is 5.82 Å². The van der Waals surface area contributed by atoms with Crippen LogP contribution in [0.15, 0.2) is 24.3 Å². The van der Waals surface area contributed by atoms with Crippen molar-refractivity contribution in [2.24, 2.45) is 5.92 Å². The van der Waals surface area contributed by atoms with Crippen LogP contribution >= 0.6 is 0 Å². The molecule has 0 amide bonds. The lowest BCUT2D eigenvalue weighted by atomic mass is 10.0. The first-order valence-electron chi connectivity index (χ1n) is 13.2. The first kappa shape index (κ1) is 28.4. The second-order valence-corrected chi connectivity index (χ2v) is 9.50. The van der Waals surface area contributed by atoms with Crippen molar-refractivity contribution >= 4 is 23.0 Å². The van der Waals surface area contributed by atoms with Gasteiger partial charge in [0.1, 0.15) is 19.0 Å². The third-order valence-corrected chi connectivity index (χ3v) is 6.80. The van der Waals surface area contributed by atoms with E-state index in [1.165, 1.54) is 7.11 Å². The van der Waals surface area contributed by atoms with E-state index in [4.69, 9.17) is 29.4 Å². The first-order chi connectivity index (χ1) is 19.0. The number of nitrogen functional groups attached to an aromatic ring is 1. The summed E-state index contributed by atoms with van der Waals surface area (Å²) in [6.45, 7) is 4.85. The fraction of sp³-hybridized carbons (Fsp3) is 0.556. The number of carbonyl (C=O) groups is 1. The van der Waals surface area contributed by atoms with Crippen LogP contribution < -0.4 is 19.9 Å². The van der Waals surface area contributed by atoms with Crippen LogP contribution in [0.5, 0.6) is 17.8 Å². The lowest BCUT2D eigenvalue weighted by Gasteiger charge is -2.20. The zero-order valence-corrected chi connectivity index (χ0v) is 22.9. The first-order valence-corrected chi connectivity index (χ1v) is 13.2. The summed E-state index contributed by atoms with van der Waals surface area (Å²) in [5.41, 5.74) is 8.16. The highest BCUT2D eigenvalue weighted by Gasteiger charge is 2.23. The molecule has 0 radical (unpaired) electrons. The van der Waals surface area contributed by atoms with E-state index >= 15 is 0 Å². The van der Waals surface area contributed by atoms with Crippen molar-refractivity contribution < 1.29 is 28.5 Å². The Bertz CT molecular complexity index is 1230. The van der Waals surface area contributed by atoms with E-state index in [9.17, 15) is 4.79 Å². The maximum absolute atomic E-state index is 11.5. The van der Waals surface area contributed by atoms with Crippen molar-refractivity contribution in [1.29, 1.82) is 0 Å². The number of nitrogens with two attached hydrogens (primary N) is 1. The molecular weight excluding hydrogens is 504 g/mol. The Kier molecular flexibility index (Phi) is 10.1. The lowest BCUT2D eigenvalue weighted by molar-refractivity contribution is -0.139. The topological polar surface area (TPSA) is 136 Å². The Morgan fingerprint density at radius 2 is 1.92 bits per heavy atom. The Morgan fingerprint density at radius 1 is 1.05 bits per heavy atom. The van der Waals surface area contributed by atoms with Gasteiger partial charge in [0.2, 0.25) is 0 Å². The molecule has 1 aliphatic heterocycles. The van der Waals surface area contributed by atoms with Crippen molar-refractivity contribution in [3.8, 4) is 17.8 Å². The van der Waals surface area contributed by atoms with E-state index in [-0.39, 0.29) is 24.2 Å². The SMILES string of the molecule is COCCOc1nc(N)c2nc(OC)n(CC3CCCN(CCOc4cccc(CC(=O)OC)c4)CC3)c2n1. The van der Waals surface area contributed by atoms with Crippen molar-refractivity contribution in [1.82, 2.24) is 24.4 Å². The summed E-state index contributed by atoms with van der Waals surface area (Å²) in [6, 6.07) is 8.25. The second-order valence-electron chi connectivity index (χ2n) is 9.50. The average molecular weight is 543 g/mol. The number of esters is 1. The third kappa shape index (κ3) is 7.70. The van der Waals surface area contributed by atoms with Gasteiger partial charge in [0.15, 0.2) is 17.0 Å². The number of ether oxygens (including phenoxy) is 5. The highest BCUT2D eigenvalue weighted by atomic mass is 16.5. The third-order valence-electron chi connectivity index (χ3n) is 6.80. The fourth-order valence-electron chi connectivity index (χ4n) is 4.75. The minimum absolute atomic E-state index is 0.198. The average Bonchev–Trinajstić information content (AvgIpc) is 3.13. The number of methoxy groups -OCH3 is 3. The minimum Gasteiger partial charge on any atom is -0.492 e. The number of carbonyl (C=O) groups excluding carboxylic acids is 1. The number of rotatable bonds is 13. The highest BCUT2D eigenvalue weighted by Crippen LogP contribution is 2.29.